The van der Waals surface area contributed by atoms with Gasteiger partial charge in [0, 0.05) is 10.9 Å². The largest absolute Gasteiger partial charge is 0.497 e. The number of methoxy groups -OCH3 is 1. The number of rotatable bonds is 8. The first-order valence-electron chi connectivity index (χ1n) is 13.6. The second kappa shape index (κ2) is 11.7. The molecule has 0 spiro atoms. The van der Waals surface area contributed by atoms with E-state index in [-0.39, 0.29) is 30.0 Å². The summed E-state index contributed by atoms with van der Waals surface area (Å²) in [6.07, 6.45) is 1.44. The number of para-hydroxylation sites is 1. The van der Waals surface area contributed by atoms with E-state index in [9.17, 15) is 14.4 Å². The van der Waals surface area contributed by atoms with Gasteiger partial charge in [0.1, 0.15) is 24.2 Å². The second-order valence-electron chi connectivity index (χ2n) is 9.74. The molecule has 2 N–H and O–H groups in total. The number of benzene rings is 3. The van der Waals surface area contributed by atoms with Crippen molar-refractivity contribution in [1.29, 1.82) is 0 Å². The molecule has 3 aromatic carbocycles. The van der Waals surface area contributed by atoms with E-state index in [0.29, 0.717) is 22.4 Å². The average Bonchev–Trinajstić information content (AvgIpc) is 3.57. The van der Waals surface area contributed by atoms with Crippen LogP contribution in [0.2, 0.25) is 0 Å². The van der Waals surface area contributed by atoms with Crippen LogP contribution in [-0.4, -0.2) is 43.3 Å². The maximum absolute atomic E-state index is 13.6. The van der Waals surface area contributed by atoms with Crippen molar-refractivity contribution in [2.45, 2.75) is 13.0 Å². The van der Waals surface area contributed by atoms with E-state index in [0.717, 1.165) is 22.1 Å². The number of fused-ring (bicyclic) bond motifs is 2. The van der Waals surface area contributed by atoms with Gasteiger partial charge >= 0.3 is 18.0 Å². The number of esters is 2. The fraction of sp³-hybridized carbons (Fsp3) is 0.152. The van der Waals surface area contributed by atoms with Crippen molar-refractivity contribution in [1.82, 2.24) is 15.6 Å². The Balaban J connectivity index is 1.35. The van der Waals surface area contributed by atoms with Crippen LogP contribution < -0.4 is 15.4 Å². The van der Waals surface area contributed by atoms with E-state index in [2.05, 4.69) is 10.6 Å². The molecule has 1 aliphatic heterocycles. The third kappa shape index (κ3) is 5.50. The lowest BCUT2D eigenvalue weighted by Gasteiger charge is -2.27. The van der Waals surface area contributed by atoms with Crippen molar-refractivity contribution in [2.75, 3.05) is 20.3 Å². The summed E-state index contributed by atoms with van der Waals surface area (Å²) in [4.78, 5) is 43.9. The Morgan fingerprint density at radius 1 is 0.930 bits per heavy atom. The molecule has 0 saturated heterocycles. The first-order valence-corrected chi connectivity index (χ1v) is 13.6. The van der Waals surface area contributed by atoms with Gasteiger partial charge in [0.15, 0.2) is 0 Å². The average molecular weight is 578 g/mol. The lowest BCUT2D eigenvalue weighted by atomic mass is 10.0. The summed E-state index contributed by atoms with van der Waals surface area (Å²) in [6.45, 7) is 1.40. The molecule has 1 aliphatic rings. The van der Waals surface area contributed by atoms with E-state index < -0.39 is 24.0 Å². The van der Waals surface area contributed by atoms with Crippen molar-refractivity contribution in [3.8, 4) is 17.0 Å². The smallest absolute Gasteiger partial charge is 0.339 e. The van der Waals surface area contributed by atoms with E-state index in [1.807, 2.05) is 54.6 Å². The van der Waals surface area contributed by atoms with Crippen LogP contribution >= 0.6 is 0 Å². The standard InChI is InChI=1S/C33H27N3O7/c1-3-41-32(38)29-27(35-33(39)36-30(29)28-9-6-14-42-28)18-43-31(37)24-17-26(34-25-8-5-4-7-23(24)25)21-11-10-20-16-22(40-2)13-12-19(20)15-21/h4-17,30H,3,18H2,1-2H3,(H2,35,36,39)/t30-/m0/s1. The number of urea groups is 1. The Morgan fingerprint density at radius 2 is 1.74 bits per heavy atom. The zero-order valence-corrected chi connectivity index (χ0v) is 23.4. The van der Waals surface area contributed by atoms with Gasteiger partial charge < -0.3 is 29.3 Å². The predicted octanol–water partition coefficient (Wildman–Crippen LogP) is 5.68. The van der Waals surface area contributed by atoms with Crippen LogP contribution in [0, 0.1) is 0 Å². The minimum atomic E-state index is -0.919. The molecule has 0 saturated carbocycles. The number of carbonyl (C=O) groups is 3. The molecule has 216 valence electrons. The maximum atomic E-state index is 13.6. The highest BCUT2D eigenvalue weighted by Gasteiger charge is 2.36. The van der Waals surface area contributed by atoms with Gasteiger partial charge in [0.2, 0.25) is 0 Å². The topological polar surface area (TPSA) is 129 Å². The molecule has 0 fully saturated rings. The number of carbonyl (C=O) groups excluding carboxylic acids is 3. The monoisotopic (exact) mass is 577 g/mol. The normalized spacial score (nSPS) is 14.7. The fourth-order valence-corrected chi connectivity index (χ4v) is 5.07. The number of pyridine rings is 1. The zero-order chi connectivity index (χ0) is 29.9. The van der Waals surface area contributed by atoms with Crippen LogP contribution in [-0.2, 0) is 14.3 Å². The molecular weight excluding hydrogens is 550 g/mol. The molecule has 0 aliphatic carbocycles. The second-order valence-corrected chi connectivity index (χ2v) is 9.74. The number of aromatic nitrogens is 1. The number of nitrogens with zero attached hydrogens (tertiary/aromatic N) is 1. The lowest BCUT2D eigenvalue weighted by molar-refractivity contribution is -0.139. The van der Waals surface area contributed by atoms with Crippen LogP contribution in [0.4, 0.5) is 4.79 Å². The van der Waals surface area contributed by atoms with Gasteiger partial charge in [-0.1, -0.05) is 36.4 Å². The Hall–Kier alpha value is -5.64. The van der Waals surface area contributed by atoms with Gasteiger partial charge in [-0.3, -0.25) is 0 Å². The Morgan fingerprint density at radius 3 is 2.53 bits per heavy atom. The Kier molecular flexibility index (Phi) is 7.48. The van der Waals surface area contributed by atoms with Crippen LogP contribution in [0.1, 0.15) is 29.1 Å². The first-order chi connectivity index (χ1) is 20.9. The summed E-state index contributed by atoms with van der Waals surface area (Å²) in [5.41, 5.74) is 2.48. The molecule has 0 bridgehead atoms. The quantitative estimate of drug-likeness (QED) is 0.225. The summed E-state index contributed by atoms with van der Waals surface area (Å²) in [6, 6.07) is 22.4. The Labute approximate surface area is 246 Å². The molecule has 6 rings (SSSR count). The molecular formula is C33H27N3O7. The minimum Gasteiger partial charge on any atom is -0.497 e. The van der Waals surface area contributed by atoms with Crippen molar-refractivity contribution >= 4 is 39.6 Å². The highest BCUT2D eigenvalue weighted by atomic mass is 16.5. The van der Waals surface area contributed by atoms with Crippen molar-refractivity contribution in [3.05, 3.63) is 108 Å². The van der Waals surface area contributed by atoms with Gasteiger partial charge in [-0.05, 0) is 60.2 Å². The minimum absolute atomic E-state index is 0.0808. The molecule has 0 radical (unpaired) electrons. The summed E-state index contributed by atoms with van der Waals surface area (Å²) >= 11 is 0. The number of amides is 2. The number of furan rings is 1. The SMILES string of the molecule is CCOC(=O)C1=C(COC(=O)c2cc(-c3ccc4cc(OC)ccc4c3)nc3ccccc23)NC(=O)N[C@H]1c1ccco1. The summed E-state index contributed by atoms with van der Waals surface area (Å²) in [5, 5.41) is 7.86. The number of ether oxygens (including phenoxy) is 3. The van der Waals surface area contributed by atoms with Crippen LogP contribution in [0.15, 0.2) is 101 Å². The molecule has 10 heteroatoms. The first kappa shape index (κ1) is 27.5. The summed E-state index contributed by atoms with van der Waals surface area (Å²) in [7, 11) is 1.62. The maximum Gasteiger partial charge on any atom is 0.339 e. The van der Waals surface area contributed by atoms with Gasteiger partial charge in [-0.25, -0.2) is 19.4 Å². The molecule has 43 heavy (non-hydrogen) atoms. The van der Waals surface area contributed by atoms with E-state index in [4.69, 9.17) is 23.6 Å². The molecule has 2 aromatic heterocycles. The molecule has 0 unspecified atom stereocenters. The third-order valence-electron chi connectivity index (χ3n) is 7.10. The van der Waals surface area contributed by atoms with Crippen LogP contribution in [0.25, 0.3) is 32.9 Å². The van der Waals surface area contributed by atoms with E-state index >= 15 is 0 Å². The summed E-state index contributed by atoms with van der Waals surface area (Å²) < 4.78 is 21.8. The molecule has 10 nitrogen and oxygen atoms in total. The number of hydrogen-bond donors (Lipinski definition) is 2. The highest BCUT2D eigenvalue weighted by molar-refractivity contribution is 6.05. The number of hydrogen-bond acceptors (Lipinski definition) is 8. The van der Waals surface area contributed by atoms with Gasteiger partial charge in [-0.15, -0.1) is 0 Å². The fourth-order valence-electron chi connectivity index (χ4n) is 5.07. The number of nitrogens with one attached hydrogen (secondary N) is 2. The molecule has 5 aromatic rings. The van der Waals surface area contributed by atoms with Crippen molar-refractivity contribution in [3.63, 3.8) is 0 Å². The molecule has 2 amide bonds. The molecule has 3 heterocycles. The van der Waals surface area contributed by atoms with Crippen LogP contribution in [0.3, 0.4) is 0 Å². The van der Waals surface area contributed by atoms with Crippen molar-refractivity contribution in [2.24, 2.45) is 0 Å². The lowest BCUT2D eigenvalue weighted by Crippen LogP contribution is -2.47. The van der Waals surface area contributed by atoms with E-state index in [1.54, 1.807) is 38.3 Å². The molecule has 1 atom stereocenters. The van der Waals surface area contributed by atoms with Crippen LogP contribution in [0.5, 0.6) is 5.75 Å². The van der Waals surface area contributed by atoms with Gasteiger partial charge in [0.05, 0.1) is 48.0 Å². The third-order valence-corrected chi connectivity index (χ3v) is 7.10. The van der Waals surface area contributed by atoms with Gasteiger partial charge in [0.25, 0.3) is 0 Å². The summed E-state index contributed by atoms with van der Waals surface area (Å²) in [5.74, 6) is -0.229. The zero-order valence-electron chi connectivity index (χ0n) is 23.4. The van der Waals surface area contributed by atoms with Crippen molar-refractivity contribution < 1.29 is 33.0 Å². The van der Waals surface area contributed by atoms with E-state index in [1.165, 1.54) is 6.26 Å². The highest BCUT2D eigenvalue weighted by Crippen LogP contribution is 2.31. The Bertz CT molecular complexity index is 1900. The van der Waals surface area contributed by atoms with Gasteiger partial charge in [-0.2, -0.15) is 0 Å². The predicted molar refractivity (Wildman–Crippen MR) is 158 cm³/mol.